The molecule has 0 unspecified atom stereocenters. The van der Waals surface area contributed by atoms with Gasteiger partial charge >= 0.3 is 0 Å². The lowest BCUT2D eigenvalue weighted by atomic mass is 10.4. The second kappa shape index (κ2) is 3.10. The molecular formula is C11H10N4O. The van der Waals surface area contributed by atoms with E-state index in [4.69, 9.17) is 10.2 Å². The first kappa shape index (κ1) is 8.96. The minimum atomic E-state index is 0.479. The third-order valence-electron chi connectivity index (χ3n) is 2.48. The summed E-state index contributed by atoms with van der Waals surface area (Å²) in [4.78, 5) is 8.14. The largest absolute Gasteiger partial charge is 0.445 e. The van der Waals surface area contributed by atoms with Gasteiger partial charge in [-0.3, -0.25) is 4.57 Å². The molecule has 80 valence electrons. The van der Waals surface area contributed by atoms with Gasteiger partial charge in [0.2, 0.25) is 5.88 Å². The maximum absolute atomic E-state index is 5.76. The molecule has 0 bridgehead atoms. The van der Waals surface area contributed by atoms with Gasteiger partial charge in [-0.15, -0.1) is 0 Å². The fourth-order valence-corrected chi connectivity index (χ4v) is 1.70. The highest BCUT2D eigenvalue weighted by atomic mass is 16.4. The van der Waals surface area contributed by atoms with Crippen LogP contribution in [0.5, 0.6) is 0 Å². The zero-order valence-corrected chi connectivity index (χ0v) is 8.71. The van der Waals surface area contributed by atoms with Gasteiger partial charge in [0, 0.05) is 12.3 Å². The molecule has 0 aromatic carbocycles. The third kappa shape index (κ3) is 1.18. The van der Waals surface area contributed by atoms with E-state index in [0.717, 1.165) is 22.7 Å². The summed E-state index contributed by atoms with van der Waals surface area (Å²) in [6.45, 7) is 1.90. The van der Waals surface area contributed by atoms with Crippen LogP contribution in [0.25, 0.3) is 16.9 Å². The Kier molecular flexibility index (Phi) is 1.73. The van der Waals surface area contributed by atoms with E-state index in [9.17, 15) is 0 Å². The van der Waals surface area contributed by atoms with Crippen LogP contribution in [-0.2, 0) is 0 Å². The van der Waals surface area contributed by atoms with Crippen molar-refractivity contribution < 1.29 is 4.42 Å². The van der Waals surface area contributed by atoms with Crippen LogP contribution < -0.4 is 5.73 Å². The Labute approximate surface area is 91.5 Å². The number of hydrogen-bond acceptors (Lipinski definition) is 4. The Bertz CT molecular complexity index is 653. The van der Waals surface area contributed by atoms with Crippen LogP contribution in [0.3, 0.4) is 0 Å². The number of hydrogen-bond donors (Lipinski definition) is 1. The highest BCUT2D eigenvalue weighted by Crippen LogP contribution is 2.22. The molecule has 0 atom stereocenters. The number of nitrogen functional groups attached to an aromatic ring is 1. The summed E-state index contributed by atoms with van der Waals surface area (Å²) >= 11 is 0. The highest BCUT2D eigenvalue weighted by Gasteiger charge is 2.09. The molecule has 5 heteroatoms. The predicted molar refractivity (Wildman–Crippen MR) is 60.3 cm³/mol. The zero-order chi connectivity index (χ0) is 11.1. The van der Waals surface area contributed by atoms with Gasteiger partial charge in [-0.05, 0) is 19.1 Å². The van der Waals surface area contributed by atoms with E-state index in [1.54, 1.807) is 0 Å². The molecule has 5 nitrogen and oxygen atoms in total. The van der Waals surface area contributed by atoms with Crippen LogP contribution in [-0.4, -0.2) is 14.5 Å². The van der Waals surface area contributed by atoms with Crippen molar-refractivity contribution in [2.75, 3.05) is 5.73 Å². The van der Waals surface area contributed by atoms with Crippen LogP contribution in [0.15, 0.2) is 35.1 Å². The first-order valence-corrected chi connectivity index (χ1v) is 4.90. The summed E-state index contributed by atoms with van der Waals surface area (Å²) in [7, 11) is 0. The molecule has 0 aliphatic carbocycles. The Morgan fingerprint density at radius 3 is 2.88 bits per heavy atom. The van der Waals surface area contributed by atoms with E-state index >= 15 is 0 Å². The van der Waals surface area contributed by atoms with E-state index in [-0.39, 0.29) is 0 Å². The molecule has 0 amide bonds. The number of nitrogens with two attached hydrogens (primary N) is 1. The summed E-state index contributed by atoms with van der Waals surface area (Å²) in [5.74, 6) is 2.07. The number of aryl methyl sites for hydroxylation is 1. The monoisotopic (exact) mass is 214 g/mol. The van der Waals surface area contributed by atoms with Gasteiger partial charge in [-0.2, -0.15) is 0 Å². The van der Waals surface area contributed by atoms with Gasteiger partial charge in [-0.25, -0.2) is 9.97 Å². The van der Waals surface area contributed by atoms with Crippen molar-refractivity contribution in [3.8, 4) is 5.88 Å². The summed E-state index contributed by atoms with van der Waals surface area (Å²) in [5.41, 5.74) is 6.51. The predicted octanol–water partition coefficient (Wildman–Crippen LogP) is 1.90. The number of rotatable bonds is 1. The number of furan rings is 1. The molecule has 0 aliphatic heterocycles. The molecule has 0 saturated carbocycles. The standard InChI is InChI=1S/C11H10N4O/c1-7-2-3-9(16-7)15-5-4-8-10(12)13-6-14-11(8)15/h2-6H,1H3,(H2,12,13,14). The lowest BCUT2D eigenvalue weighted by Crippen LogP contribution is -1.95. The second-order valence-electron chi connectivity index (χ2n) is 3.57. The molecule has 0 radical (unpaired) electrons. The fraction of sp³-hybridized carbons (Fsp3) is 0.0909. The average molecular weight is 214 g/mol. The van der Waals surface area contributed by atoms with Crippen LogP contribution in [0, 0.1) is 6.92 Å². The first-order valence-electron chi connectivity index (χ1n) is 4.90. The Morgan fingerprint density at radius 2 is 2.12 bits per heavy atom. The molecule has 3 aromatic rings. The third-order valence-corrected chi connectivity index (χ3v) is 2.48. The summed E-state index contributed by atoms with van der Waals surface area (Å²) in [6.07, 6.45) is 3.32. The van der Waals surface area contributed by atoms with Gasteiger partial charge in [-0.1, -0.05) is 0 Å². The number of fused-ring (bicyclic) bond motifs is 1. The SMILES string of the molecule is Cc1ccc(-n2ccc3c(N)ncnc32)o1. The lowest BCUT2D eigenvalue weighted by Gasteiger charge is -2.00. The molecule has 2 N–H and O–H groups in total. The van der Waals surface area contributed by atoms with Crippen molar-refractivity contribution in [2.45, 2.75) is 6.92 Å². The van der Waals surface area contributed by atoms with Gasteiger partial charge in [0.1, 0.15) is 17.9 Å². The lowest BCUT2D eigenvalue weighted by molar-refractivity contribution is 0.513. The smallest absolute Gasteiger partial charge is 0.205 e. The van der Waals surface area contributed by atoms with Crippen LogP contribution in [0.4, 0.5) is 5.82 Å². The van der Waals surface area contributed by atoms with Crippen molar-refractivity contribution in [3.05, 3.63) is 36.5 Å². The van der Waals surface area contributed by atoms with E-state index < -0.39 is 0 Å². The Morgan fingerprint density at radius 1 is 1.25 bits per heavy atom. The molecule has 3 rings (SSSR count). The Balaban J connectivity index is 2.29. The van der Waals surface area contributed by atoms with Crippen LogP contribution in [0.2, 0.25) is 0 Å². The van der Waals surface area contributed by atoms with Gasteiger partial charge in [0.15, 0.2) is 5.65 Å². The van der Waals surface area contributed by atoms with Gasteiger partial charge in [0.05, 0.1) is 5.39 Å². The summed E-state index contributed by atoms with van der Waals surface area (Å²) in [5, 5.41) is 0.830. The highest BCUT2D eigenvalue weighted by molar-refractivity contribution is 5.86. The van der Waals surface area contributed by atoms with Crippen molar-refractivity contribution in [1.29, 1.82) is 0 Å². The molecule has 0 fully saturated rings. The minimum absolute atomic E-state index is 0.479. The van der Waals surface area contributed by atoms with Gasteiger partial charge < -0.3 is 10.2 Å². The second-order valence-corrected chi connectivity index (χ2v) is 3.57. The Hall–Kier alpha value is -2.30. The van der Waals surface area contributed by atoms with E-state index in [0.29, 0.717) is 5.82 Å². The fourth-order valence-electron chi connectivity index (χ4n) is 1.70. The maximum Gasteiger partial charge on any atom is 0.205 e. The molecule has 16 heavy (non-hydrogen) atoms. The topological polar surface area (TPSA) is 69.9 Å². The molecular weight excluding hydrogens is 204 g/mol. The van der Waals surface area contributed by atoms with E-state index in [1.807, 2.05) is 35.9 Å². The van der Waals surface area contributed by atoms with E-state index in [1.165, 1.54) is 6.33 Å². The number of anilines is 1. The van der Waals surface area contributed by atoms with Gasteiger partial charge in [0.25, 0.3) is 0 Å². The zero-order valence-electron chi connectivity index (χ0n) is 8.71. The van der Waals surface area contributed by atoms with Crippen molar-refractivity contribution >= 4 is 16.9 Å². The van der Waals surface area contributed by atoms with Crippen molar-refractivity contribution in [1.82, 2.24) is 14.5 Å². The van der Waals surface area contributed by atoms with Crippen LogP contribution in [0.1, 0.15) is 5.76 Å². The first-order chi connectivity index (χ1) is 7.75. The van der Waals surface area contributed by atoms with Crippen molar-refractivity contribution in [2.24, 2.45) is 0 Å². The quantitative estimate of drug-likeness (QED) is 0.671. The van der Waals surface area contributed by atoms with E-state index in [2.05, 4.69) is 9.97 Å². The molecule has 0 saturated heterocycles. The number of aromatic nitrogens is 3. The molecule has 0 spiro atoms. The average Bonchev–Trinajstić information content (AvgIpc) is 2.84. The van der Waals surface area contributed by atoms with Crippen LogP contribution >= 0.6 is 0 Å². The normalized spacial score (nSPS) is 11.1. The molecule has 0 aliphatic rings. The van der Waals surface area contributed by atoms with Crippen molar-refractivity contribution in [3.63, 3.8) is 0 Å². The summed E-state index contributed by atoms with van der Waals surface area (Å²) in [6, 6.07) is 5.68. The summed E-state index contributed by atoms with van der Waals surface area (Å²) < 4.78 is 7.39. The molecule has 3 aromatic heterocycles. The maximum atomic E-state index is 5.76. The minimum Gasteiger partial charge on any atom is -0.445 e. The number of nitrogens with zero attached hydrogens (tertiary/aromatic N) is 3. The molecule has 3 heterocycles.